The highest BCUT2D eigenvalue weighted by Crippen LogP contribution is 2.34. The molecule has 0 amide bonds. The van der Waals surface area contributed by atoms with Gasteiger partial charge in [-0.3, -0.25) is 0 Å². The van der Waals surface area contributed by atoms with Gasteiger partial charge in [-0.05, 0) is 54.7 Å². The monoisotopic (exact) mass is 448 g/mol. The topological polar surface area (TPSA) is 25.8 Å². The summed E-state index contributed by atoms with van der Waals surface area (Å²) in [5.41, 5.74) is 5.24. The van der Waals surface area contributed by atoms with E-state index in [2.05, 4.69) is 48.9 Å². The summed E-state index contributed by atoms with van der Waals surface area (Å²) >= 11 is 0. The number of aryl methyl sites for hydroxylation is 3. The lowest BCUT2D eigenvalue weighted by molar-refractivity contribution is 0.248. The lowest BCUT2D eigenvalue weighted by Crippen LogP contribution is -2.15. The van der Waals surface area contributed by atoms with E-state index in [1.165, 1.54) is 107 Å². The Morgan fingerprint density at radius 2 is 1.36 bits per heavy atom. The molecule has 2 nitrogen and oxygen atoms in total. The van der Waals surface area contributed by atoms with E-state index in [4.69, 9.17) is 0 Å². The van der Waals surface area contributed by atoms with Crippen LogP contribution < -0.4 is 0 Å². The third kappa shape index (κ3) is 8.87. The summed E-state index contributed by atoms with van der Waals surface area (Å²) in [4.78, 5) is 9.08. The van der Waals surface area contributed by atoms with Gasteiger partial charge < -0.3 is 0 Å². The maximum atomic E-state index is 4.54. The lowest BCUT2D eigenvalue weighted by atomic mass is 9.77. The van der Waals surface area contributed by atoms with E-state index in [-0.39, 0.29) is 0 Å². The average Bonchev–Trinajstić information content (AvgIpc) is 2.84. The second kappa shape index (κ2) is 14.5. The fourth-order valence-electron chi connectivity index (χ4n) is 5.62. The van der Waals surface area contributed by atoms with E-state index in [1.807, 2.05) is 12.4 Å². The first-order valence-corrected chi connectivity index (χ1v) is 14.1. The molecular formula is C31H48N2. The maximum Gasteiger partial charge on any atom is 0.128 e. The van der Waals surface area contributed by atoms with E-state index < -0.39 is 0 Å². The van der Waals surface area contributed by atoms with Crippen LogP contribution in [0.3, 0.4) is 0 Å². The molecule has 0 unspecified atom stereocenters. The molecule has 1 aromatic heterocycles. The highest BCUT2D eigenvalue weighted by atomic mass is 14.9. The minimum absolute atomic E-state index is 0.940. The molecule has 0 saturated heterocycles. The molecule has 0 bridgehead atoms. The van der Waals surface area contributed by atoms with Crippen molar-refractivity contribution in [2.45, 2.75) is 124 Å². The molecule has 1 heterocycles. The molecule has 1 aromatic carbocycles. The number of hydrogen-bond acceptors (Lipinski definition) is 2. The van der Waals surface area contributed by atoms with Crippen LogP contribution in [0.2, 0.25) is 0 Å². The quantitative estimate of drug-likeness (QED) is 0.269. The van der Waals surface area contributed by atoms with Crippen LogP contribution in [0.4, 0.5) is 0 Å². The van der Waals surface area contributed by atoms with E-state index in [9.17, 15) is 0 Å². The Labute approximate surface area is 204 Å². The van der Waals surface area contributed by atoms with Gasteiger partial charge in [-0.25, -0.2) is 9.97 Å². The molecule has 2 heteroatoms. The van der Waals surface area contributed by atoms with Gasteiger partial charge in [0.1, 0.15) is 5.82 Å². The number of rotatable bonds is 14. The zero-order chi connectivity index (χ0) is 23.3. The van der Waals surface area contributed by atoms with Crippen molar-refractivity contribution in [1.29, 1.82) is 0 Å². The van der Waals surface area contributed by atoms with Crippen molar-refractivity contribution in [3.63, 3.8) is 0 Å². The summed E-state index contributed by atoms with van der Waals surface area (Å²) < 4.78 is 0. The molecular weight excluding hydrogens is 400 g/mol. The Hall–Kier alpha value is -1.70. The second-order valence-electron chi connectivity index (χ2n) is 10.6. The molecule has 1 aliphatic rings. The third-order valence-corrected chi connectivity index (χ3v) is 7.80. The smallest absolute Gasteiger partial charge is 0.128 e. The summed E-state index contributed by atoms with van der Waals surface area (Å²) in [6, 6.07) is 7.00. The Kier molecular flexibility index (Phi) is 11.4. The van der Waals surface area contributed by atoms with Gasteiger partial charge in [0.25, 0.3) is 0 Å². The van der Waals surface area contributed by atoms with Gasteiger partial charge >= 0.3 is 0 Å². The van der Waals surface area contributed by atoms with Gasteiger partial charge in [0.05, 0.1) is 0 Å². The van der Waals surface area contributed by atoms with Crippen molar-refractivity contribution in [3.8, 4) is 11.1 Å². The first-order chi connectivity index (χ1) is 16.2. The highest BCUT2D eigenvalue weighted by Gasteiger charge is 2.20. The standard InChI is InChI=1S/C31H48N2/c1-4-6-7-8-9-10-11-13-26-14-16-27(17-15-26)18-19-28-20-21-30(25(3)22-28)29-23-32-31(12-5-2)33-24-29/h20-24,26-27H,4-19H2,1-3H3. The van der Waals surface area contributed by atoms with E-state index in [1.54, 1.807) is 0 Å². The Bertz CT molecular complexity index is 787. The van der Waals surface area contributed by atoms with Crippen molar-refractivity contribution >= 4 is 0 Å². The number of nitrogens with zero attached hydrogens (tertiary/aromatic N) is 2. The van der Waals surface area contributed by atoms with Crippen molar-refractivity contribution < 1.29 is 0 Å². The van der Waals surface area contributed by atoms with Crippen molar-refractivity contribution in [2.75, 3.05) is 0 Å². The van der Waals surface area contributed by atoms with Crippen LogP contribution in [0.1, 0.15) is 121 Å². The molecule has 0 N–H and O–H groups in total. The van der Waals surface area contributed by atoms with Crippen molar-refractivity contribution in [1.82, 2.24) is 9.97 Å². The number of benzene rings is 1. The zero-order valence-corrected chi connectivity index (χ0v) is 21.7. The van der Waals surface area contributed by atoms with Crippen LogP contribution >= 0.6 is 0 Å². The highest BCUT2D eigenvalue weighted by molar-refractivity contribution is 5.66. The van der Waals surface area contributed by atoms with Crippen LogP contribution in [-0.2, 0) is 12.8 Å². The molecule has 0 atom stereocenters. The molecule has 0 radical (unpaired) electrons. The minimum Gasteiger partial charge on any atom is -0.241 e. The van der Waals surface area contributed by atoms with Gasteiger partial charge in [0, 0.05) is 24.4 Å². The average molecular weight is 449 g/mol. The summed E-state index contributed by atoms with van der Waals surface area (Å²) in [6.07, 6.45) is 26.1. The normalized spacial score (nSPS) is 18.5. The summed E-state index contributed by atoms with van der Waals surface area (Å²) in [5, 5.41) is 0. The molecule has 3 rings (SSSR count). The largest absolute Gasteiger partial charge is 0.241 e. The maximum absolute atomic E-state index is 4.54. The fourth-order valence-corrected chi connectivity index (χ4v) is 5.62. The Morgan fingerprint density at radius 3 is 2.00 bits per heavy atom. The predicted octanol–water partition coefficient (Wildman–Crippen LogP) is 9.28. The lowest BCUT2D eigenvalue weighted by Gasteiger charge is -2.28. The van der Waals surface area contributed by atoms with Crippen LogP contribution in [0.25, 0.3) is 11.1 Å². The third-order valence-electron chi connectivity index (χ3n) is 7.80. The van der Waals surface area contributed by atoms with Gasteiger partial charge in [-0.1, -0.05) is 109 Å². The van der Waals surface area contributed by atoms with Gasteiger partial charge in [-0.2, -0.15) is 0 Å². The number of hydrogen-bond donors (Lipinski definition) is 0. The summed E-state index contributed by atoms with van der Waals surface area (Å²) in [6.45, 7) is 6.70. The number of aromatic nitrogens is 2. The molecule has 0 spiro atoms. The predicted molar refractivity (Wildman–Crippen MR) is 143 cm³/mol. The van der Waals surface area contributed by atoms with Gasteiger partial charge in [-0.15, -0.1) is 0 Å². The van der Waals surface area contributed by atoms with Crippen LogP contribution in [-0.4, -0.2) is 9.97 Å². The Balaban J connectivity index is 1.36. The second-order valence-corrected chi connectivity index (χ2v) is 10.6. The fraction of sp³-hybridized carbons (Fsp3) is 0.677. The van der Waals surface area contributed by atoms with Crippen LogP contribution in [0.15, 0.2) is 30.6 Å². The summed E-state index contributed by atoms with van der Waals surface area (Å²) in [7, 11) is 0. The summed E-state index contributed by atoms with van der Waals surface area (Å²) in [5.74, 6) is 2.91. The van der Waals surface area contributed by atoms with Crippen LogP contribution in [0, 0.1) is 18.8 Å². The van der Waals surface area contributed by atoms with Crippen molar-refractivity contribution in [3.05, 3.63) is 47.5 Å². The van der Waals surface area contributed by atoms with E-state index in [0.717, 1.165) is 36.1 Å². The minimum atomic E-state index is 0.940. The number of unbranched alkanes of at least 4 members (excludes halogenated alkanes) is 6. The van der Waals surface area contributed by atoms with Gasteiger partial charge in [0.15, 0.2) is 0 Å². The first-order valence-electron chi connectivity index (χ1n) is 14.1. The van der Waals surface area contributed by atoms with Crippen molar-refractivity contribution in [2.24, 2.45) is 11.8 Å². The SMILES string of the molecule is CCCCCCCCCC1CCC(CCc2ccc(-c3cnc(CCC)nc3)c(C)c2)CC1. The molecule has 1 saturated carbocycles. The molecule has 1 aliphatic carbocycles. The van der Waals surface area contributed by atoms with E-state index >= 15 is 0 Å². The molecule has 2 aromatic rings. The first kappa shape index (κ1) is 25.9. The van der Waals surface area contributed by atoms with Gasteiger partial charge in [0.2, 0.25) is 0 Å². The van der Waals surface area contributed by atoms with Crippen LogP contribution in [0.5, 0.6) is 0 Å². The molecule has 1 fully saturated rings. The molecule has 0 aliphatic heterocycles. The Morgan fingerprint density at radius 1 is 0.727 bits per heavy atom. The van der Waals surface area contributed by atoms with E-state index in [0.29, 0.717) is 0 Å². The molecule has 33 heavy (non-hydrogen) atoms. The zero-order valence-electron chi connectivity index (χ0n) is 21.7. The molecule has 182 valence electrons.